The summed E-state index contributed by atoms with van der Waals surface area (Å²) in [6.07, 6.45) is 3.61. The van der Waals surface area contributed by atoms with Gasteiger partial charge < -0.3 is 14.8 Å². The van der Waals surface area contributed by atoms with E-state index in [4.69, 9.17) is 21.1 Å². The second-order valence-corrected chi connectivity index (χ2v) is 6.19. The van der Waals surface area contributed by atoms with Crippen molar-refractivity contribution in [1.29, 1.82) is 0 Å². The summed E-state index contributed by atoms with van der Waals surface area (Å²) in [6.45, 7) is 1.30. The van der Waals surface area contributed by atoms with Crippen molar-refractivity contribution in [2.75, 3.05) is 13.2 Å². The van der Waals surface area contributed by atoms with Gasteiger partial charge in [0.05, 0.1) is 10.7 Å². The van der Waals surface area contributed by atoms with Gasteiger partial charge in [-0.2, -0.15) is 5.10 Å². The molecular weight excluding hydrogens is 354 g/mol. The van der Waals surface area contributed by atoms with Crippen LogP contribution in [0.2, 0.25) is 5.02 Å². The van der Waals surface area contributed by atoms with Gasteiger partial charge in [-0.3, -0.25) is 4.79 Å². The summed E-state index contributed by atoms with van der Waals surface area (Å²) in [5, 5.41) is 7.44. The van der Waals surface area contributed by atoms with Crippen molar-refractivity contribution in [3.05, 3.63) is 71.0 Å². The lowest BCUT2D eigenvalue weighted by atomic mass is 10.1. The minimum Gasteiger partial charge on any atom is -0.486 e. The van der Waals surface area contributed by atoms with Crippen LogP contribution in [-0.4, -0.2) is 28.9 Å². The molecule has 4 rings (SSSR count). The van der Waals surface area contributed by atoms with Crippen LogP contribution in [0, 0.1) is 0 Å². The number of nitrogens with zero attached hydrogens (tertiary/aromatic N) is 2. The molecule has 1 aliphatic heterocycles. The van der Waals surface area contributed by atoms with Crippen LogP contribution in [0.4, 0.5) is 0 Å². The van der Waals surface area contributed by atoms with Gasteiger partial charge in [-0.15, -0.1) is 0 Å². The number of benzene rings is 2. The third-order valence-corrected chi connectivity index (χ3v) is 4.30. The highest BCUT2D eigenvalue weighted by Gasteiger charge is 2.19. The number of hydrogen-bond acceptors (Lipinski definition) is 4. The Morgan fingerprint density at radius 2 is 2.00 bits per heavy atom. The first-order valence-electron chi connectivity index (χ1n) is 8.17. The van der Waals surface area contributed by atoms with Gasteiger partial charge in [0.1, 0.15) is 13.2 Å². The van der Waals surface area contributed by atoms with E-state index in [9.17, 15) is 4.79 Å². The Labute approximate surface area is 155 Å². The molecule has 1 amide bonds. The van der Waals surface area contributed by atoms with E-state index in [0.717, 1.165) is 11.3 Å². The van der Waals surface area contributed by atoms with Crippen LogP contribution in [0.1, 0.15) is 15.9 Å². The summed E-state index contributed by atoms with van der Waals surface area (Å²) < 4.78 is 12.8. The number of aromatic nitrogens is 2. The Morgan fingerprint density at radius 1 is 1.19 bits per heavy atom. The smallest absolute Gasteiger partial charge is 0.251 e. The topological polar surface area (TPSA) is 65.4 Å². The first-order valence-corrected chi connectivity index (χ1v) is 8.55. The monoisotopic (exact) mass is 369 g/mol. The van der Waals surface area contributed by atoms with E-state index < -0.39 is 0 Å². The molecule has 3 aromatic rings. The molecule has 7 heteroatoms. The molecule has 0 bridgehead atoms. The van der Waals surface area contributed by atoms with Gasteiger partial charge in [-0.05, 0) is 35.9 Å². The molecule has 132 valence electrons. The molecule has 6 nitrogen and oxygen atoms in total. The van der Waals surface area contributed by atoms with Crippen LogP contribution in [0.25, 0.3) is 5.69 Å². The van der Waals surface area contributed by atoms with E-state index in [1.807, 2.05) is 36.5 Å². The summed E-state index contributed by atoms with van der Waals surface area (Å²) in [5.74, 6) is 0.765. The molecule has 0 radical (unpaired) electrons. The molecule has 1 N–H and O–H groups in total. The SMILES string of the molecule is O=C(NCc1ccc(-n2cccn2)cc1)c1cc(Cl)c2c(c1)OCCO2. The summed E-state index contributed by atoms with van der Waals surface area (Å²) in [6, 6.07) is 12.9. The molecule has 1 aliphatic rings. The van der Waals surface area contributed by atoms with Crippen LogP contribution in [0.3, 0.4) is 0 Å². The van der Waals surface area contributed by atoms with Crippen molar-refractivity contribution < 1.29 is 14.3 Å². The maximum Gasteiger partial charge on any atom is 0.251 e. The minimum absolute atomic E-state index is 0.222. The first-order chi connectivity index (χ1) is 12.7. The standard InChI is InChI=1S/C19H16ClN3O3/c20-16-10-14(11-17-18(16)26-9-8-25-17)19(24)21-12-13-2-4-15(5-3-13)23-7-1-6-22-23/h1-7,10-11H,8-9,12H2,(H,21,24). The fourth-order valence-corrected chi connectivity index (χ4v) is 2.98. The largest absolute Gasteiger partial charge is 0.486 e. The van der Waals surface area contributed by atoms with E-state index in [1.54, 1.807) is 23.0 Å². The number of halogens is 1. The van der Waals surface area contributed by atoms with Crippen molar-refractivity contribution in [3.8, 4) is 17.2 Å². The quantitative estimate of drug-likeness (QED) is 0.766. The lowest BCUT2D eigenvalue weighted by Crippen LogP contribution is -2.23. The van der Waals surface area contributed by atoms with E-state index >= 15 is 0 Å². The Hall–Kier alpha value is -2.99. The average Bonchev–Trinajstić information content (AvgIpc) is 3.21. The van der Waals surface area contributed by atoms with Gasteiger partial charge in [0.15, 0.2) is 11.5 Å². The first kappa shape index (κ1) is 16.5. The number of hydrogen-bond donors (Lipinski definition) is 1. The number of ether oxygens (including phenoxy) is 2. The van der Waals surface area contributed by atoms with Gasteiger partial charge in [-0.25, -0.2) is 4.68 Å². The van der Waals surface area contributed by atoms with Gasteiger partial charge >= 0.3 is 0 Å². The van der Waals surface area contributed by atoms with Crippen LogP contribution < -0.4 is 14.8 Å². The van der Waals surface area contributed by atoms with Crippen LogP contribution in [-0.2, 0) is 6.54 Å². The lowest BCUT2D eigenvalue weighted by Gasteiger charge is -2.20. The maximum atomic E-state index is 12.4. The predicted molar refractivity (Wildman–Crippen MR) is 97.2 cm³/mol. The zero-order chi connectivity index (χ0) is 17.9. The maximum absolute atomic E-state index is 12.4. The predicted octanol–water partition coefficient (Wildman–Crippen LogP) is 3.23. The zero-order valence-corrected chi connectivity index (χ0v) is 14.6. The molecule has 0 fully saturated rings. The van der Waals surface area contributed by atoms with E-state index in [1.165, 1.54) is 0 Å². The Kier molecular flexibility index (Phi) is 4.50. The molecule has 0 atom stereocenters. The summed E-state index contributed by atoms with van der Waals surface area (Å²) in [4.78, 5) is 12.4. The van der Waals surface area contributed by atoms with Crippen molar-refractivity contribution >= 4 is 17.5 Å². The summed E-state index contributed by atoms with van der Waals surface area (Å²) >= 11 is 6.18. The molecule has 0 saturated heterocycles. The summed E-state index contributed by atoms with van der Waals surface area (Å²) in [5.41, 5.74) is 2.38. The molecule has 1 aromatic heterocycles. The molecule has 26 heavy (non-hydrogen) atoms. The third kappa shape index (κ3) is 3.36. The summed E-state index contributed by atoms with van der Waals surface area (Å²) in [7, 11) is 0. The molecule has 2 aromatic carbocycles. The number of carbonyl (C=O) groups excluding carboxylic acids is 1. The van der Waals surface area contributed by atoms with Crippen LogP contribution >= 0.6 is 11.6 Å². The van der Waals surface area contributed by atoms with E-state index in [0.29, 0.717) is 41.8 Å². The number of carbonyl (C=O) groups is 1. The van der Waals surface area contributed by atoms with Crippen molar-refractivity contribution in [3.63, 3.8) is 0 Å². The van der Waals surface area contributed by atoms with Crippen molar-refractivity contribution in [2.45, 2.75) is 6.54 Å². The molecule has 0 spiro atoms. The molecule has 0 saturated carbocycles. The zero-order valence-electron chi connectivity index (χ0n) is 13.8. The molecule has 0 unspecified atom stereocenters. The second kappa shape index (κ2) is 7.09. The fraction of sp³-hybridized carbons (Fsp3) is 0.158. The van der Waals surface area contributed by atoms with Gasteiger partial charge in [-0.1, -0.05) is 23.7 Å². The molecule has 2 heterocycles. The number of fused-ring (bicyclic) bond motifs is 1. The lowest BCUT2D eigenvalue weighted by molar-refractivity contribution is 0.0949. The van der Waals surface area contributed by atoms with E-state index in [2.05, 4.69) is 10.4 Å². The fourth-order valence-electron chi connectivity index (χ4n) is 2.71. The number of nitrogens with one attached hydrogen (secondary N) is 1. The Bertz CT molecular complexity index is 924. The second-order valence-electron chi connectivity index (χ2n) is 5.78. The molecule has 0 aliphatic carbocycles. The van der Waals surface area contributed by atoms with Gasteiger partial charge in [0.2, 0.25) is 0 Å². The minimum atomic E-state index is -0.222. The average molecular weight is 370 g/mol. The Balaban J connectivity index is 1.43. The normalized spacial score (nSPS) is 12.7. The number of rotatable bonds is 4. The number of amides is 1. The van der Waals surface area contributed by atoms with E-state index in [-0.39, 0.29) is 5.91 Å². The van der Waals surface area contributed by atoms with Crippen LogP contribution in [0.15, 0.2) is 54.9 Å². The van der Waals surface area contributed by atoms with Gasteiger partial charge in [0.25, 0.3) is 5.91 Å². The van der Waals surface area contributed by atoms with Crippen LogP contribution in [0.5, 0.6) is 11.5 Å². The Morgan fingerprint density at radius 3 is 2.77 bits per heavy atom. The van der Waals surface area contributed by atoms with Crippen molar-refractivity contribution in [1.82, 2.24) is 15.1 Å². The highest BCUT2D eigenvalue weighted by atomic mass is 35.5. The molecular formula is C19H16ClN3O3. The van der Waals surface area contributed by atoms with Crippen molar-refractivity contribution in [2.24, 2.45) is 0 Å². The third-order valence-electron chi connectivity index (χ3n) is 4.02. The highest BCUT2D eigenvalue weighted by molar-refractivity contribution is 6.32. The van der Waals surface area contributed by atoms with Gasteiger partial charge in [0, 0.05) is 24.5 Å². The highest BCUT2D eigenvalue weighted by Crippen LogP contribution is 2.38.